The standard InChI is InChI=1S/C17H22N4O3/c22-16(23)7-4-9-19-17(24)20-13-15-18-10-12-21(15)11-8-14-5-2-1-3-6-14/h1-3,5-6,10,12H,4,7-9,11,13H2,(H,22,23)(H2,19,20,24). The molecule has 128 valence electrons. The Bertz CT molecular complexity index is 655. The van der Waals surface area contributed by atoms with Crippen LogP contribution in [0, 0.1) is 0 Å². The quantitative estimate of drug-likeness (QED) is 0.611. The van der Waals surface area contributed by atoms with Gasteiger partial charge in [0.1, 0.15) is 5.82 Å². The van der Waals surface area contributed by atoms with Crippen molar-refractivity contribution in [2.75, 3.05) is 6.54 Å². The van der Waals surface area contributed by atoms with E-state index in [-0.39, 0.29) is 12.5 Å². The molecule has 3 N–H and O–H groups in total. The van der Waals surface area contributed by atoms with E-state index in [9.17, 15) is 9.59 Å². The topological polar surface area (TPSA) is 96.2 Å². The summed E-state index contributed by atoms with van der Waals surface area (Å²) in [5.41, 5.74) is 1.25. The van der Waals surface area contributed by atoms with Gasteiger partial charge in [-0.2, -0.15) is 0 Å². The number of nitrogens with zero attached hydrogens (tertiary/aromatic N) is 2. The first-order valence-electron chi connectivity index (χ1n) is 7.92. The Labute approximate surface area is 140 Å². The van der Waals surface area contributed by atoms with Crippen LogP contribution in [0.2, 0.25) is 0 Å². The number of carboxylic acids is 1. The third kappa shape index (κ3) is 6.12. The highest BCUT2D eigenvalue weighted by molar-refractivity contribution is 5.73. The van der Waals surface area contributed by atoms with Gasteiger partial charge in [-0.3, -0.25) is 4.79 Å². The van der Waals surface area contributed by atoms with E-state index in [0.29, 0.717) is 19.5 Å². The fraction of sp³-hybridized carbons (Fsp3) is 0.353. The number of carbonyl (C=O) groups excluding carboxylic acids is 1. The monoisotopic (exact) mass is 330 g/mol. The molecule has 0 bridgehead atoms. The van der Waals surface area contributed by atoms with E-state index in [4.69, 9.17) is 5.11 Å². The predicted molar refractivity (Wildman–Crippen MR) is 89.5 cm³/mol. The van der Waals surface area contributed by atoms with Crippen molar-refractivity contribution in [2.45, 2.75) is 32.4 Å². The van der Waals surface area contributed by atoms with Gasteiger partial charge in [-0.1, -0.05) is 30.3 Å². The van der Waals surface area contributed by atoms with E-state index in [1.807, 2.05) is 29.0 Å². The van der Waals surface area contributed by atoms with Gasteiger partial charge in [0.2, 0.25) is 0 Å². The van der Waals surface area contributed by atoms with Crippen LogP contribution >= 0.6 is 0 Å². The Morgan fingerprint density at radius 2 is 1.96 bits per heavy atom. The lowest BCUT2D eigenvalue weighted by molar-refractivity contribution is -0.137. The number of nitrogens with one attached hydrogen (secondary N) is 2. The predicted octanol–water partition coefficient (Wildman–Crippen LogP) is 1.79. The van der Waals surface area contributed by atoms with Crippen LogP contribution in [0.3, 0.4) is 0 Å². The smallest absolute Gasteiger partial charge is 0.315 e. The normalized spacial score (nSPS) is 10.3. The molecule has 0 atom stereocenters. The first-order chi connectivity index (χ1) is 11.6. The molecule has 0 saturated heterocycles. The van der Waals surface area contributed by atoms with Crippen LogP contribution in [0.4, 0.5) is 4.79 Å². The fourth-order valence-electron chi connectivity index (χ4n) is 2.27. The molecule has 2 rings (SSSR count). The van der Waals surface area contributed by atoms with Crippen LogP contribution in [0.25, 0.3) is 0 Å². The summed E-state index contributed by atoms with van der Waals surface area (Å²) in [6.45, 7) is 1.45. The molecule has 1 heterocycles. The molecule has 1 aromatic heterocycles. The number of urea groups is 1. The van der Waals surface area contributed by atoms with Crippen LogP contribution in [-0.4, -0.2) is 33.2 Å². The Morgan fingerprint density at radius 1 is 1.17 bits per heavy atom. The SMILES string of the molecule is O=C(O)CCCNC(=O)NCc1nccn1CCc1ccccc1. The summed E-state index contributed by atoms with van der Waals surface area (Å²) in [4.78, 5) is 26.3. The third-order valence-electron chi connectivity index (χ3n) is 3.55. The van der Waals surface area contributed by atoms with Crippen LogP contribution in [0.5, 0.6) is 0 Å². The first-order valence-corrected chi connectivity index (χ1v) is 7.92. The molecule has 0 aliphatic rings. The number of hydrogen-bond donors (Lipinski definition) is 3. The summed E-state index contributed by atoms with van der Waals surface area (Å²) in [6.07, 6.45) is 4.96. The summed E-state index contributed by atoms with van der Waals surface area (Å²) in [5, 5.41) is 13.9. The number of amides is 2. The van der Waals surface area contributed by atoms with Gasteiger partial charge in [-0.05, 0) is 18.4 Å². The molecular weight excluding hydrogens is 308 g/mol. The van der Waals surface area contributed by atoms with Crippen molar-refractivity contribution in [1.29, 1.82) is 0 Å². The van der Waals surface area contributed by atoms with Crippen molar-refractivity contribution in [3.63, 3.8) is 0 Å². The Hall–Kier alpha value is -2.83. The number of aryl methyl sites for hydroxylation is 2. The second-order valence-electron chi connectivity index (χ2n) is 5.38. The van der Waals surface area contributed by atoms with Gasteiger partial charge in [-0.25, -0.2) is 9.78 Å². The molecule has 2 amide bonds. The average molecular weight is 330 g/mol. The Morgan fingerprint density at radius 3 is 2.71 bits per heavy atom. The molecule has 7 nitrogen and oxygen atoms in total. The lowest BCUT2D eigenvalue weighted by atomic mass is 10.1. The Balaban J connectivity index is 1.72. The number of hydrogen-bond acceptors (Lipinski definition) is 3. The second-order valence-corrected chi connectivity index (χ2v) is 5.38. The van der Waals surface area contributed by atoms with Crippen LogP contribution in [0.1, 0.15) is 24.2 Å². The molecule has 0 unspecified atom stereocenters. The molecule has 2 aromatic rings. The zero-order chi connectivity index (χ0) is 17.2. The van der Waals surface area contributed by atoms with Gasteiger partial charge in [0.05, 0.1) is 6.54 Å². The summed E-state index contributed by atoms with van der Waals surface area (Å²) < 4.78 is 2.01. The van der Waals surface area contributed by atoms with E-state index in [1.54, 1.807) is 6.20 Å². The lowest BCUT2D eigenvalue weighted by Crippen LogP contribution is -2.36. The maximum absolute atomic E-state index is 11.7. The van der Waals surface area contributed by atoms with E-state index >= 15 is 0 Å². The van der Waals surface area contributed by atoms with E-state index in [1.165, 1.54) is 5.56 Å². The zero-order valence-electron chi connectivity index (χ0n) is 13.4. The van der Waals surface area contributed by atoms with Crippen molar-refractivity contribution in [3.8, 4) is 0 Å². The van der Waals surface area contributed by atoms with Gasteiger partial charge in [0.15, 0.2) is 0 Å². The third-order valence-corrected chi connectivity index (χ3v) is 3.55. The number of aromatic nitrogens is 2. The van der Waals surface area contributed by atoms with Gasteiger partial charge < -0.3 is 20.3 Å². The van der Waals surface area contributed by atoms with Crippen LogP contribution < -0.4 is 10.6 Å². The molecule has 0 aliphatic carbocycles. The van der Waals surface area contributed by atoms with Crippen molar-refractivity contribution >= 4 is 12.0 Å². The highest BCUT2D eigenvalue weighted by atomic mass is 16.4. The highest BCUT2D eigenvalue weighted by Crippen LogP contribution is 2.04. The first kappa shape index (κ1) is 17.5. The largest absolute Gasteiger partial charge is 0.481 e. The average Bonchev–Trinajstić information content (AvgIpc) is 3.03. The molecule has 0 saturated carbocycles. The minimum Gasteiger partial charge on any atom is -0.481 e. The van der Waals surface area contributed by atoms with Crippen molar-refractivity contribution in [1.82, 2.24) is 20.2 Å². The second kappa shape index (κ2) is 9.34. The maximum atomic E-state index is 11.7. The number of carboxylic acid groups (broad SMARTS) is 1. The minimum absolute atomic E-state index is 0.0458. The zero-order valence-corrected chi connectivity index (χ0v) is 13.4. The molecule has 0 fully saturated rings. The van der Waals surface area contributed by atoms with Crippen molar-refractivity contribution < 1.29 is 14.7 Å². The van der Waals surface area contributed by atoms with Gasteiger partial charge in [0, 0.05) is 31.9 Å². The number of aliphatic carboxylic acids is 1. The minimum atomic E-state index is -0.863. The van der Waals surface area contributed by atoms with Crippen LogP contribution in [0.15, 0.2) is 42.7 Å². The molecule has 0 spiro atoms. The van der Waals surface area contributed by atoms with E-state index in [2.05, 4.69) is 27.8 Å². The lowest BCUT2D eigenvalue weighted by Gasteiger charge is -2.10. The van der Waals surface area contributed by atoms with E-state index < -0.39 is 5.97 Å². The molecular formula is C17H22N4O3. The van der Waals surface area contributed by atoms with Gasteiger partial charge in [-0.15, -0.1) is 0 Å². The van der Waals surface area contributed by atoms with Crippen molar-refractivity contribution in [2.24, 2.45) is 0 Å². The van der Waals surface area contributed by atoms with Crippen LogP contribution in [-0.2, 0) is 24.3 Å². The number of imidazole rings is 1. The summed E-state index contributed by atoms with van der Waals surface area (Å²) in [7, 11) is 0. The highest BCUT2D eigenvalue weighted by Gasteiger charge is 2.06. The molecule has 0 radical (unpaired) electrons. The fourth-order valence-corrected chi connectivity index (χ4v) is 2.27. The summed E-state index contributed by atoms with van der Waals surface area (Å²) >= 11 is 0. The molecule has 1 aromatic carbocycles. The summed E-state index contributed by atoms with van der Waals surface area (Å²) in [5.74, 6) is -0.0794. The molecule has 24 heavy (non-hydrogen) atoms. The van der Waals surface area contributed by atoms with Gasteiger partial charge in [0.25, 0.3) is 0 Å². The number of benzene rings is 1. The molecule has 0 aliphatic heterocycles. The Kier molecular flexibility index (Phi) is 6.82. The van der Waals surface area contributed by atoms with E-state index in [0.717, 1.165) is 18.8 Å². The van der Waals surface area contributed by atoms with Gasteiger partial charge >= 0.3 is 12.0 Å². The molecule has 7 heteroatoms. The summed E-state index contributed by atoms with van der Waals surface area (Å²) in [6, 6.07) is 9.86. The maximum Gasteiger partial charge on any atom is 0.315 e. The number of rotatable bonds is 9. The van der Waals surface area contributed by atoms with Crippen molar-refractivity contribution in [3.05, 3.63) is 54.1 Å². The number of carbonyl (C=O) groups is 2.